The summed E-state index contributed by atoms with van der Waals surface area (Å²) in [5, 5.41) is 1.61. The third kappa shape index (κ3) is 3.84. The normalized spacial score (nSPS) is 12.2. The molecule has 0 unspecified atom stereocenters. The molecule has 0 aromatic carbocycles. The summed E-state index contributed by atoms with van der Waals surface area (Å²) in [6.07, 6.45) is 0. The Labute approximate surface area is 100 Å². The summed E-state index contributed by atoms with van der Waals surface area (Å²) in [5.74, 6) is 0. The smallest absolute Gasteiger partial charge is 0.241 e. The number of likely N-dealkylation sites (N-methyl/N-ethyl adjacent to an activating group) is 1. The van der Waals surface area contributed by atoms with Crippen molar-refractivity contribution in [3.05, 3.63) is 16.3 Å². The van der Waals surface area contributed by atoms with E-state index in [1.165, 1.54) is 11.3 Å². The molecular formula is C9H17N3O2S2. The van der Waals surface area contributed by atoms with Gasteiger partial charge in [-0.3, -0.25) is 0 Å². The second-order valence-electron chi connectivity index (χ2n) is 3.65. The average Bonchev–Trinajstić information content (AvgIpc) is 2.65. The molecule has 0 saturated heterocycles. The molecule has 1 heterocycles. The second-order valence-corrected chi connectivity index (χ2v) is 6.42. The highest BCUT2D eigenvalue weighted by molar-refractivity contribution is 7.89. The van der Waals surface area contributed by atoms with Crippen LogP contribution in [0.3, 0.4) is 0 Å². The molecule has 1 aromatic rings. The van der Waals surface area contributed by atoms with Crippen molar-refractivity contribution in [3.8, 4) is 0 Å². The first-order valence-corrected chi connectivity index (χ1v) is 7.24. The van der Waals surface area contributed by atoms with Crippen LogP contribution in [-0.2, 0) is 16.6 Å². The molecule has 7 heteroatoms. The predicted molar refractivity (Wildman–Crippen MR) is 66.0 cm³/mol. The first kappa shape index (κ1) is 13.6. The van der Waals surface area contributed by atoms with Gasteiger partial charge in [0, 0.05) is 29.9 Å². The highest BCUT2D eigenvalue weighted by atomic mass is 32.2. The van der Waals surface area contributed by atoms with Gasteiger partial charge >= 0.3 is 0 Å². The van der Waals surface area contributed by atoms with Crippen LogP contribution in [0.1, 0.15) is 4.88 Å². The molecule has 0 fully saturated rings. The Kier molecular flexibility index (Phi) is 4.88. The molecule has 0 aliphatic carbocycles. The number of hydrogen-bond donors (Lipinski definition) is 2. The van der Waals surface area contributed by atoms with E-state index in [1.807, 2.05) is 19.0 Å². The van der Waals surface area contributed by atoms with Gasteiger partial charge in [-0.25, -0.2) is 13.1 Å². The van der Waals surface area contributed by atoms with Crippen molar-refractivity contribution in [2.75, 3.05) is 27.2 Å². The zero-order valence-corrected chi connectivity index (χ0v) is 11.1. The van der Waals surface area contributed by atoms with Crippen LogP contribution in [0.2, 0.25) is 0 Å². The van der Waals surface area contributed by atoms with Crippen molar-refractivity contribution >= 4 is 21.4 Å². The Morgan fingerprint density at radius 2 is 2.19 bits per heavy atom. The molecule has 1 rings (SSSR count). The second kappa shape index (κ2) is 5.74. The highest BCUT2D eigenvalue weighted by Crippen LogP contribution is 2.18. The maximum Gasteiger partial charge on any atom is 0.241 e. The van der Waals surface area contributed by atoms with Gasteiger partial charge in [0.2, 0.25) is 10.0 Å². The topological polar surface area (TPSA) is 75.4 Å². The Morgan fingerprint density at radius 1 is 1.50 bits per heavy atom. The molecule has 0 aliphatic rings. The summed E-state index contributed by atoms with van der Waals surface area (Å²) in [7, 11) is 0.422. The van der Waals surface area contributed by atoms with Crippen LogP contribution in [0.4, 0.5) is 0 Å². The van der Waals surface area contributed by atoms with Crippen LogP contribution in [0.15, 0.2) is 16.3 Å². The van der Waals surface area contributed by atoms with Gasteiger partial charge in [0.25, 0.3) is 0 Å². The molecule has 0 spiro atoms. The maximum absolute atomic E-state index is 11.8. The largest absolute Gasteiger partial charge is 0.326 e. The van der Waals surface area contributed by atoms with E-state index in [-0.39, 0.29) is 0 Å². The van der Waals surface area contributed by atoms with Gasteiger partial charge in [-0.2, -0.15) is 0 Å². The van der Waals surface area contributed by atoms with E-state index in [0.29, 0.717) is 24.5 Å². The molecule has 92 valence electrons. The molecule has 0 amide bonds. The Bertz CT molecular complexity index is 426. The van der Waals surface area contributed by atoms with Crippen LogP contribution < -0.4 is 10.5 Å². The van der Waals surface area contributed by atoms with E-state index in [4.69, 9.17) is 5.73 Å². The minimum Gasteiger partial charge on any atom is -0.326 e. The fourth-order valence-corrected chi connectivity index (χ4v) is 3.27. The van der Waals surface area contributed by atoms with E-state index in [0.717, 1.165) is 4.88 Å². The van der Waals surface area contributed by atoms with Crippen molar-refractivity contribution in [2.24, 2.45) is 5.73 Å². The standard InChI is InChI=1S/C9H17N3O2S2/c1-12(2)4-3-11-16(13,14)9-5-8(6-10)15-7-9/h5,7,11H,3-4,6,10H2,1-2H3. The quantitative estimate of drug-likeness (QED) is 0.760. The number of rotatable bonds is 6. The van der Waals surface area contributed by atoms with E-state index in [9.17, 15) is 8.42 Å². The molecule has 3 N–H and O–H groups in total. The van der Waals surface area contributed by atoms with Gasteiger partial charge in [-0.1, -0.05) is 0 Å². The fourth-order valence-electron chi connectivity index (χ4n) is 1.10. The van der Waals surface area contributed by atoms with Gasteiger partial charge in [0.15, 0.2) is 0 Å². The molecule has 0 aliphatic heterocycles. The van der Waals surface area contributed by atoms with Crippen molar-refractivity contribution < 1.29 is 8.42 Å². The third-order valence-electron chi connectivity index (χ3n) is 1.99. The summed E-state index contributed by atoms with van der Waals surface area (Å²) in [5.41, 5.74) is 5.43. The minimum atomic E-state index is -3.37. The predicted octanol–water partition coefficient (Wildman–Crippen LogP) is 0.0467. The third-order valence-corrected chi connectivity index (χ3v) is 4.54. The lowest BCUT2D eigenvalue weighted by atomic mass is 10.5. The first-order valence-electron chi connectivity index (χ1n) is 4.87. The van der Waals surface area contributed by atoms with Gasteiger partial charge < -0.3 is 10.6 Å². The average molecular weight is 263 g/mol. The number of nitrogens with two attached hydrogens (primary N) is 1. The highest BCUT2D eigenvalue weighted by Gasteiger charge is 2.15. The summed E-state index contributed by atoms with van der Waals surface area (Å²) in [6, 6.07) is 1.61. The molecule has 5 nitrogen and oxygen atoms in total. The zero-order chi connectivity index (χ0) is 12.2. The van der Waals surface area contributed by atoms with Gasteiger partial charge in [-0.15, -0.1) is 11.3 Å². The van der Waals surface area contributed by atoms with Crippen molar-refractivity contribution in [1.82, 2.24) is 9.62 Å². The SMILES string of the molecule is CN(C)CCNS(=O)(=O)c1csc(CN)c1. The minimum absolute atomic E-state index is 0.303. The summed E-state index contributed by atoms with van der Waals surface area (Å²) in [6.45, 7) is 1.45. The maximum atomic E-state index is 11.8. The van der Waals surface area contributed by atoms with E-state index in [1.54, 1.807) is 11.4 Å². The van der Waals surface area contributed by atoms with E-state index in [2.05, 4.69) is 4.72 Å². The molecule has 0 saturated carbocycles. The van der Waals surface area contributed by atoms with Gasteiger partial charge in [0.05, 0.1) is 4.90 Å². The lowest BCUT2D eigenvalue weighted by molar-refractivity contribution is 0.412. The number of thiophene rings is 1. The van der Waals surface area contributed by atoms with E-state index >= 15 is 0 Å². The Hall–Kier alpha value is -0.470. The molecule has 0 radical (unpaired) electrons. The monoisotopic (exact) mass is 263 g/mol. The van der Waals surface area contributed by atoms with Crippen LogP contribution in [-0.4, -0.2) is 40.5 Å². The number of hydrogen-bond acceptors (Lipinski definition) is 5. The van der Waals surface area contributed by atoms with Crippen LogP contribution in [0.5, 0.6) is 0 Å². The molecule has 0 atom stereocenters. The lowest BCUT2D eigenvalue weighted by Crippen LogP contribution is -2.31. The molecular weight excluding hydrogens is 246 g/mol. The van der Waals surface area contributed by atoms with Crippen LogP contribution in [0.25, 0.3) is 0 Å². The van der Waals surface area contributed by atoms with E-state index < -0.39 is 10.0 Å². The number of nitrogens with zero attached hydrogens (tertiary/aromatic N) is 1. The molecule has 1 aromatic heterocycles. The zero-order valence-electron chi connectivity index (χ0n) is 9.43. The summed E-state index contributed by atoms with van der Waals surface area (Å²) < 4.78 is 26.1. The summed E-state index contributed by atoms with van der Waals surface area (Å²) >= 11 is 1.36. The molecule has 0 bridgehead atoms. The lowest BCUT2D eigenvalue weighted by Gasteiger charge is -2.09. The number of nitrogens with one attached hydrogen (secondary N) is 1. The molecule has 16 heavy (non-hydrogen) atoms. The van der Waals surface area contributed by atoms with Crippen molar-refractivity contribution in [2.45, 2.75) is 11.4 Å². The Morgan fingerprint density at radius 3 is 2.69 bits per heavy atom. The van der Waals surface area contributed by atoms with Crippen molar-refractivity contribution in [1.29, 1.82) is 0 Å². The van der Waals surface area contributed by atoms with Crippen molar-refractivity contribution in [3.63, 3.8) is 0 Å². The number of sulfonamides is 1. The first-order chi connectivity index (χ1) is 7.45. The Balaban J connectivity index is 2.63. The van der Waals surface area contributed by atoms with Crippen LogP contribution in [0, 0.1) is 0 Å². The van der Waals surface area contributed by atoms with Gasteiger partial charge in [-0.05, 0) is 20.2 Å². The summed E-state index contributed by atoms with van der Waals surface area (Å²) in [4.78, 5) is 3.09. The van der Waals surface area contributed by atoms with Crippen LogP contribution >= 0.6 is 11.3 Å². The fraction of sp³-hybridized carbons (Fsp3) is 0.556. The van der Waals surface area contributed by atoms with Gasteiger partial charge in [0.1, 0.15) is 0 Å².